The van der Waals surface area contributed by atoms with Gasteiger partial charge in [0.1, 0.15) is 3.70 Å². The van der Waals surface area contributed by atoms with Crippen molar-refractivity contribution in [1.29, 1.82) is 0 Å². The highest BCUT2D eigenvalue weighted by molar-refractivity contribution is 14.1. The molecule has 4 heteroatoms. The van der Waals surface area contributed by atoms with Gasteiger partial charge in [-0.3, -0.25) is 0 Å². The van der Waals surface area contributed by atoms with E-state index in [-0.39, 0.29) is 0 Å². The molecule has 0 amide bonds. The van der Waals surface area contributed by atoms with Crippen molar-refractivity contribution < 1.29 is 0 Å². The Morgan fingerprint density at radius 2 is 2.57 bits per heavy atom. The van der Waals surface area contributed by atoms with Crippen molar-refractivity contribution in [3.63, 3.8) is 0 Å². The molecule has 0 aliphatic rings. The van der Waals surface area contributed by atoms with Crippen LogP contribution in [0.25, 0.3) is 0 Å². The van der Waals surface area contributed by atoms with Gasteiger partial charge in [0.15, 0.2) is 0 Å². The SMILES string of the molecule is Cln1nccc1I. The Hall–Kier alpha value is 0.230. The van der Waals surface area contributed by atoms with Crippen LogP contribution in [-0.4, -0.2) is 9.30 Å². The molecule has 0 aliphatic carbocycles. The van der Waals surface area contributed by atoms with Crippen molar-refractivity contribution in [3.05, 3.63) is 16.0 Å². The molecule has 38 valence electrons. The normalized spacial score (nSPS) is 9.43. The summed E-state index contributed by atoms with van der Waals surface area (Å²) in [5.41, 5.74) is 0. The molecular weight excluding hydrogens is 226 g/mol. The summed E-state index contributed by atoms with van der Waals surface area (Å²) in [4.78, 5) is 0. The molecule has 1 heterocycles. The molecule has 1 aromatic rings. The van der Waals surface area contributed by atoms with E-state index in [2.05, 4.69) is 27.7 Å². The van der Waals surface area contributed by atoms with Crippen LogP contribution in [0.5, 0.6) is 0 Å². The van der Waals surface area contributed by atoms with Crippen molar-refractivity contribution in [2.75, 3.05) is 0 Å². The van der Waals surface area contributed by atoms with Gasteiger partial charge < -0.3 is 0 Å². The monoisotopic (exact) mass is 228 g/mol. The minimum Gasteiger partial charge on any atom is -0.167 e. The lowest BCUT2D eigenvalue weighted by Gasteiger charge is -1.80. The van der Waals surface area contributed by atoms with E-state index in [4.69, 9.17) is 11.8 Å². The van der Waals surface area contributed by atoms with Gasteiger partial charge in [0.2, 0.25) is 0 Å². The van der Waals surface area contributed by atoms with Crippen LogP contribution in [0.1, 0.15) is 0 Å². The molecule has 0 saturated heterocycles. The molecule has 1 aromatic heterocycles. The van der Waals surface area contributed by atoms with Crippen molar-refractivity contribution in [3.8, 4) is 0 Å². The summed E-state index contributed by atoms with van der Waals surface area (Å²) in [5, 5.41) is 3.69. The largest absolute Gasteiger partial charge is 0.167 e. The van der Waals surface area contributed by atoms with Crippen molar-refractivity contribution in [1.82, 2.24) is 9.30 Å². The van der Waals surface area contributed by atoms with E-state index < -0.39 is 0 Å². The first-order chi connectivity index (χ1) is 3.30. The quantitative estimate of drug-likeness (QED) is 0.615. The number of aromatic nitrogens is 2. The molecule has 0 atom stereocenters. The van der Waals surface area contributed by atoms with Crippen molar-refractivity contribution in [2.45, 2.75) is 0 Å². The van der Waals surface area contributed by atoms with Crippen LogP contribution in [0.2, 0.25) is 0 Å². The standard InChI is InChI=1S/C3H2ClIN2/c4-7-3(5)1-2-6-7/h1-2H. The number of hydrogen-bond donors (Lipinski definition) is 0. The van der Waals surface area contributed by atoms with Crippen LogP contribution in [0.3, 0.4) is 0 Å². The lowest BCUT2D eigenvalue weighted by atomic mass is 10.8. The molecule has 0 N–H and O–H groups in total. The fourth-order valence-electron chi connectivity index (χ4n) is 0.270. The smallest absolute Gasteiger partial charge is 0.118 e. The van der Waals surface area contributed by atoms with E-state index >= 15 is 0 Å². The highest BCUT2D eigenvalue weighted by atomic mass is 127. The van der Waals surface area contributed by atoms with Crippen LogP contribution in [0.4, 0.5) is 0 Å². The van der Waals surface area contributed by atoms with Gasteiger partial charge in [-0.05, 0) is 28.7 Å². The van der Waals surface area contributed by atoms with Crippen LogP contribution in [0.15, 0.2) is 12.3 Å². The lowest BCUT2D eigenvalue weighted by molar-refractivity contribution is 0.970. The molecule has 1 rings (SSSR count). The zero-order valence-electron chi connectivity index (χ0n) is 3.31. The Morgan fingerprint density at radius 3 is 2.71 bits per heavy atom. The van der Waals surface area contributed by atoms with Crippen LogP contribution in [-0.2, 0) is 0 Å². The van der Waals surface area contributed by atoms with Crippen LogP contribution in [0, 0.1) is 3.70 Å². The summed E-state index contributed by atoms with van der Waals surface area (Å²) in [6.07, 6.45) is 1.65. The Balaban J connectivity index is 3.12. The fraction of sp³-hybridized carbons (Fsp3) is 0. The molecule has 2 nitrogen and oxygen atoms in total. The van der Waals surface area contributed by atoms with E-state index in [0.717, 1.165) is 3.70 Å². The minimum atomic E-state index is 0.930. The predicted octanol–water partition coefficient (Wildman–Crippen LogP) is 1.49. The van der Waals surface area contributed by atoms with Gasteiger partial charge in [-0.25, -0.2) is 0 Å². The first-order valence-electron chi connectivity index (χ1n) is 1.66. The van der Waals surface area contributed by atoms with Gasteiger partial charge in [0.05, 0.1) is 6.20 Å². The maximum absolute atomic E-state index is 5.42. The molecule has 0 aliphatic heterocycles. The van der Waals surface area contributed by atoms with Gasteiger partial charge in [-0.2, -0.15) is 9.30 Å². The number of halogens is 2. The Labute approximate surface area is 59.7 Å². The van der Waals surface area contributed by atoms with E-state index in [1.165, 1.54) is 4.20 Å². The molecule has 7 heavy (non-hydrogen) atoms. The molecular formula is C3H2ClIN2. The highest BCUT2D eigenvalue weighted by Gasteiger charge is 1.88. The highest BCUT2D eigenvalue weighted by Crippen LogP contribution is 2.02. The second kappa shape index (κ2) is 2.00. The first kappa shape index (κ1) is 5.37. The van der Waals surface area contributed by atoms with Crippen molar-refractivity contribution >= 4 is 34.4 Å². The van der Waals surface area contributed by atoms with Gasteiger partial charge in [0.25, 0.3) is 0 Å². The maximum Gasteiger partial charge on any atom is 0.118 e. The van der Waals surface area contributed by atoms with Crippen LogP contribution < -0.4 is 0 Å². The fourth-order valence-corrected chi connectivity index (χ4v) is 0.662. The number of nitrogens with zero attached hydrogens (tertiary/aromatic N) is 2. The van der Waals surface area contributed by atoms with Crippen LogP contribution >= 0.6 is 34.4 Å². The maximum atomic E-state index is 5.42. The first-order valence-corrected chi connectivity index (χ1v) is 3.08. The molecule has 0 unspecified atom stereocenters. The second-order valence-corrected chi connectivity index (χ2v) is 2.44. The lowest BCUT2D eigenvalue weighted by Crippen LogP contribution is -1.81. The van der Waals surface area contributed by atoms with E-state index in [9.17, 15) is 0 Å². The molecule has 0 spiro atoms. The van der Waals surface area contributed by atoms with E-state index in [1.807, 2.05) is 6.07 Å². The van der Waals surface area contributed by atoms with Gasteiger partial charge >= 0.3 is 0 Å². The summed E-state index contributed by atoms with van der Waals surface area (Å²) in [6.45, 7) is 0. The van der Waals surface area contributed by atoms with Gasteiger partial charge in [0, 0.05) is 11.8 Å². The zero-order valence-corrected chi connectivity index (χ0v) is 6.22. The Kier molecular flexibility index (Phi) is 1.53. The summed E-state index contributed by atoms with van der Waals surface area (Å²) in [5.74, 6) is 0. The zero-order chi connectivity index (χ0) is 5.28. The predicted molar refractivity (Wildman–Crippen MR) is 36.2 cm³/mol. The summed E-state index contributed by atoms with van der Waals surface area (Å²) < 4.78 is 2.22. The number of hydrogen-bond acceptors (Lipinski definition) is 1. The summed E-state index contributed by atoms with van der Waals surface area (Å²) in [7, 11) is 0. The van der Waals surface area contributed by atoms with E-state index in [1.54, 1.807) is 6.20 Å². The summed E-state index contributed by atoms with van der Waals surface area (Å²) >= 11 is 7.51. The molecule has 0 radical (unpaired) electrons. The third-order valence-electron chi connectivity index (χ3n) is 0.556. The van der Waals surface area contributed by atoms with Gasteiger partial charge in [-0.1, -0.05) is 0 Å². The summed E-state index contributed by atoms with van der Waals surface area (Å²) in [6, 6.07) is 1.83. The molecule has 0 fully saturated rings. The average molecular weight is 228 g/mol. The van der Waals surface area contributed by atoms with Gasteiger partial charge in [-0.15, -0.1) is 0 Å². The molecule has 0 saturated carbocycles. The number of rotatable bonds is 0. The third-order valence-corrected chi connectivity index (χ3v) is 1.93. The van der Waals surface area contributed by atoms with Crippen molar-refractivity contribution in [2.24, 2.45) is 0 Å². The average Bonchev–Trinajstić information content (AvgIpc) is 1.91. The topological polar surface area (TPSA) is 17.8 Å². The minimum absolute atomic E-state index is 0.930. The Bertz CT molecular complexity index is 145. The van der Waals surface area contributed by atoms with E-state index in [0.29, 0.717) is 0 Å². The second-order valence-electron chi connectivity index (χ2n) is 1.01. The molecule has 0 aromatic carbocycles. The molecule has 0 bridgehead atoms. The third kappa shape index (κ3) is 1.07. The Morgan fingerprint density at radius 1 is 1.86 bits per heavy atom.